The van der Waals surface area contributed by atoms with Crippen molar-refractivity contribution in [3.8, 4) is 0 Å². The summed E-state index contributed by atoms with van der Waals surface area (Å²) in [5, 5.41) is 10.0. The maximum atomic E-state index is 10.0. The highest BCUT2D eigenvalue weighted by molar-refractivity contribution is 5.08. The van der Waals surface area contributed by atoms with Crippen LogP contribution in [0, 0.1) is 23.7 Å². The standard InChI is InChI=1S/C17H26O3/c18-15-2-1-3-16(9-15)10-19-17(20-16)13-5-11-4-12(7-13)8-14(17)6-11/h11-15,18H,1-10H2. The number of rotatable bonds is 0. The molecule has 5 aliphatic carbocycles. The highest BCUT2D eigenvalue weighted by Gasteiger charge is 2.65. The number of aliphatic hydroxyl groups is 1. The second-order valence-electron chi connectivity index (χ2n) is 8.35. The molecule has 3 nitrogen and oxygen atoms in total. The Labute approximate surface area is 121 Å². The number of ether oxygens (including phenoxy) is 2. The van der Waals surface area contributed by atoms with Crippen LogP contribution in [0.2, 0.25) is 0 Å². The molecule has 6 aliphatic rings. The third-order valence-corrected chi connectivity index (χ3v) is 6.99. The van der Waals surface area contributed by atoms with Crippen LogP contribution >= 0.6 is 0 Å². The van der Waals surface area contributed by atoms with Crippen molar-refractivity contribution < 1.29 is 14.6 Å². The van der Waals surface area contributed by atoms with Crippen molar-refractivity contribution in [2.24, 2.45) is 23.7 Å². The van der Waals surface area contributed by atoms with E-state index in [1.807, 2.05) is 0 Å². The zero-order valence-corrected chi connectivity index (χ0v) is 12.2. The summed E-state index contributed by atoms with van der Waals surface area (Å²) in [6.07, 6.45) is 10.5. The second kappa shape index (κ2) is 3.99. The van der Waals surface area contributed by atoms with Gasteiger partial charge in [0, 0.05) is 18.3 Å². The first-order valence-corrected chi connectivity index (χ1v) is 8.70. The Balaban J connectivity index is 1.44. The minimum Gasteiger partial charge on any atom is -0.393 e. The van der Waals surface area contributed by atoms with Crippen LogP contribution in [0.3, 0.4) is 0 Å². The van der Waals surface area contributed by atoms with Crippen molar-refractivity contribution in [3.05, 3.63) is 0 Å². The number of hydrogen-bond donors (Lipinski definition) is 1. The van der Waals surface area contributed by atoms with Gasteiger partial charge in [-0.15, -0.1) is 0 Å². The van der Waals surface area contributed by atoms with Gasteiger partial charge in [0.25, 0.3) is 0 Å². The molecule has 20 heavy (non-hydrogen) atoms. The highest BCUT2D eigenvalue weighted by atomic mass is 16.8. The molecule has 3 heteroatoms. The highest BCUT2D eigenvalue weighted by Crippen LogP contribution is 2.63. The fourth-order valence-electron chi connectivity index (χ4n) is 6.40. The van der Waals surface area contributed by atoms with Crippen LogP contribution in [-0.4, -0.2) is 29.2 Å². The van der Waals surface area contributed by atoms with Crippen LogP contribution in [0.15, 0.2) is 0 Å². The normalized spacial score (nSPS) is 60.8. The lowest BCUT2D eigenvalue weighted by molar-refractivity contribution is -0.307. The molecule has 0 aromatic rings. The van der Waals surface area contributed by atoms with Crippen molar-refractivity contribution in [1.82, 2.24) is 0 Å². The Morgan fingerprint density at radius 1 is 0.950 bits per heavy atom. The van der Waals surface area contributed by atoms with Crippen LogP contribution in [0.5, 0.6) is 0 Å². The van der Waals surface area contributed by atoms with Crippen molar-refractivity contribution >= 4 is 0 Å². The first-order valence-electron chi connectivity index (χ1n) is 8.70. The summed E-state index contributed by atoms with van der Waals surface area (Å²) in [7, 11) is 0. The molecule has 1 heterocycles. The van der Waals surface area contributed by atoms with Gasteiger partial charge in [-0.2, -0.15) is 0 Å². The molecule has 112 valence electrons. The van der Waals surface area contributed by atoms with E-state index in [0.29, 0.717) is 11.8 Å². The largest absolute Gasteiger partial charge is 0.393 e. The summed E-state index contributed by atoms with van der Waals surface area (Å²) >= 11 is 0. The maximum absolute atomic E-state index is 10.0. The smallest absolute Gasteiger partial charge is 0.174 e. The second-order valence-corrected chi connectivity index (χ2v) is 8.35. The Kier molecular flexibility index (Phi) is 2.48. The SMILES string of the molecule is OC1CCCC2(COC3(O2)C2CC4CC(C2)CC3C4)C1. The van der Waals surface area contributed by atoms with Crippen molar-refractivity contribution in [1.29, 1.82) is 0 Å². The molecule has 1 saturated heterocycles. The van der Waals surface area contributed by atoms with Crippen LogP contribution in [0.25, 0.3) is 0 Å². The summed E-state index contributed by atoms with van der Waals surface area (Å²) < 4.78 is 13.2. The van der Waals surface area contributed by atoms with E-state index < -0.39 is 0 Å². The zero-order chi connectivity index (χ0) is 13.4. The average Bonchev–Trinajstić information content (AvgIpc) is 2.76. The molecule has 6 rings (SSSR count). The van der Waals surface area contributed by atoms with Crippen molar-refractivity contribution in [2.45, 2.75) is 75.3 Å². The van der Waals surface area contributed by atoms with E-state index in [4.69, 9.17) is 9.47 Å². The van der Waals surface area contributed by atoms with Gasteiger partial charge in [0.05, 0.1) is 18.3 Å². The predicted octanol–water partition coefficient (Wildman–Crippen LogP) is 2.86. The molecule has 0 aromatic heterocycles. The first-order chi connectivity index (χ1) is 9.68. The molecule has 6 fully saturated rings. The Hall–Kier alpha value is -0.120. The van der Waals surface area contributed by atoms with Gasteiger partial charge in [0.15, 0.2) is 5.79 Å². The van der Waals surface area contributed by atoms with E-state index in [2.05, 4.69) is 0 Å². The van der Waals surface area contributed by atoms with E-state index >= 15 is 0 Å². The molecule has 2 atom stereocenters. The van der Waals surface area contributed by atoms with Crippen LogP contribution in [-0.2, 0) is 9.47 Å². The molecule has 0 radical (unpaired) electrons. The summed E-state index contributed by atoms with van der Waals surface area (Å²) in [4.78, 5) is 0. The maximum Gasteiger partial charge on any atom is 0.174 e. The Bertz CT molecular complexity index is 392. The summed E-state index contributed by atoms with van der Waals surface area (Å²) in [5.74, 6) is 2.91. The molecular formula is C17H26O3. The van der Waals surface area contributed by atoms with Crippen LogP contribution < -0.4 is 0 Å². The van der Waals surface area contributed by atoms with Crippen LogP contribution in [0.1, 0.15) is 57.8 Å². The third kappa shape index (κ3) is 1.57. The molecule has 0 amide bonds. The summed E-state index contributed by atoms with van der Waals surface area (Å²) in [6, 6.07) is 0. The van der Waals surface area contributed by atoms with Crippen molar-refractivity contribution in [3.63, 3.8) is 0 Å². The lowest BCUT2D eigenvalue weighted by atomic mass is 9.53. The van der Waals surface area contributed by atoms with Gasteiger partial charge in [-0.1, -0.05) is 0 Å². The van der Waals surface area contributed by atoms with Gasteiger partial charge >= 0.3 is 0 Å². The minimum absolute atomic E-state index is 0.160. The summed E-state index contributed by atoms with van der Waals surface area (Å²) in [6.45, 7) is 0.729. The fraction of sp³-hybridized carbons (Fsp3) is 1.00. The predicted molar refractivity (Wildman–Crippen MR) is 74.0 cm³/mol. The lowest BCUT2D eigenvalue weighted by Gasteiger charge is -2.58. The van der Waals surface area contributed by atoms with Crippen molar-refractivity contribution in [2.75, 3.05) is 6.61 Å². The fourth-order valence-corrected chi connectivity index (χ4v) is 6.40. The van der Waals surface area contributed by atoms with Gasteiger partial charge in [-0.25, -0.2) is 0 Å². The zero-order valence-electron chi connectivity index (χ0n) is 12.2. The van der Waals surface area contributed by atoms with Crippen LogP contribution in [0.4, 0.5) is 0 Å². The first kappa shape index (κ1) is 12.4. The topological polar surface area (TPSA) is 38.7 Å². The molecule has 0 aromatic carbocycles. The Morgan fingerprint density at radius 3 is 2.30 bits per heavy atom. The quantitative estimate of drug-likeness (QED) is 0.740. The molecule has 4 bridgehead atoms. The molecule has 2 spiro atoms. The van der Waals surface area contributed by atoms with Gasteiger partial charge in [0.1, 0.15) is 0 Å². The monoisotopic (exact) mass is 278 g/mol. The summed E-state index contributed by atoms with van der Waals surface area (Å²) in [5.41, 5.74) is -0.160. The van der Waals surface area contributed by atoms with Gasteiger partial charge < -0.3 is 14.6 Å². The van der Waals surface area contributed by atoms with E-state index in [0.717, 1.165) is 44.1 Å². The van der Waals surface area contributed by atoms with Gasteiger partial charge in [-0.05, 0) is 63.2 Å². The number of hydrogen-bond acceptors (Lipinski definition) is 3. The average molecular weight is 278 g/mol. The van der Waals surface area contributed by atoms with E-state index in [9.17, 15) is 5.11 Å². The van der Waals surface area contributed by atoms with Gasteiger partial charge in [0.2, 0.25) is 0 Å². The molecule has 2 unspecified atom stereocenters. The lowest BCUT2D eigenvalue weighted by Crippen LogP contribution is -2.59. The molecule has 1 N–H and O–H groups in total. The van der Waals surface area contributed by atoms with Gasteiger partial charge in [-0.3, -0.25) is 0 Å². The minimum atomic E-state index is -0.259. The number of aliphatic hydroxyl groups excluding tert-OH is 1. The Morgan fingerprint density at radius 2 is 1.65 bits per heavy atom. The molecule has 1 aliphatic heterocycles. The molecule has 5 saturated carbocycles. The van der Waals surface area contributed by atoms with E-state index in [1.54, 1.807) is 0 Å². The molecular weight excluding hydrogens is 252 g/mol. The van der Waals surface area contributed by atoms with E-state index in [-0.39, 0.29) is 17.5 Å². The van der Waals surface area contributed by atoms with E-state index in [1.165, 1.54) is 32.1 Å². The third-order valence-electron chi connectivity index (χ3n) is 6.99.